The van der Waals surface area contributed by atoms with Gasteiger partial charge in [0.05, 0.1) is 17.3 Å². The van der Waals surface area contributed by atoms with Gasteiger partial charge in [0.25, 0.3) is 0 Å². The third-order valence-electron chi connectivity index (χ3n) is 6.20. The molecule has 3 atom stereocenters. The van der Waals surface area contributed by atoms with Gasteiger partial charge in [-0.2, -0.15) is 0 Å². The first-order chi connectivity index (χ1) is 18.6. The zero-order valence-electron chi connectivity index (χ0n) is 20.4. The lowest BCUT2D eigenvalue weighted by atomic mass is 9.99. The zero-order valence-corrected chi connectivity index (χ0v) is 21.2. The molecule has 1 unspecified atom stereocenters. The van der Waals surface area contributed by atoms with E-state index in [0.29, 0.717) is 22.8 Å². The van der Waals surface area contributed by atoms with Gasteiger partial charge in [0.1, 0.15) is 0 Å². The minimum Gasteiger partial charge on any atom is -0.435 e. The van der Waals surface area contributed by atoms with Crippen LogP contribution in [-0.2, 0) is 11.3 Å². The number of nitrogens with one attached hydrogen (secondary N) is 3. The summed E-state index contributed by atoms with van der Waals surface area (Å²) in [6.07, 6.45) is 5.32. The molecule has 0 aliphatic carbocycles. The molecule has 0 radical (unpaired) electrons. The second kappa shape index (κ2) is 12.2. The maximum Gasteiger partial charge on any atom is 0.232 e. The van der Waals surface area contributed by atoms with E-state index in [9.17, 15) is 8.76 Å². The van der Waals surface area contributed by atoms with Gasteiger partial charge in [-0.25, -0.2) is 28.3 Å². The molecule has 1 saturated heterocycles. The Balaban J connectivity index is 1.44. The Bertz CT molecular complexity index is 1400. The van der Waals surface area contributed by atoms with Crippen molar-refractivity contribution < 1.29 is 17.9 Å². The summed E-state index contributed by atoms with van der Waals surface area (Å²) < 4.78 is 45.4. The molecule has 1 fully saturated rings. The molecule has 0 spiro atoms. The first-order valence-electron chi connectivity index (χ1n) is 12.2. The Labute approximate surface area is 222 Å². The number of hydrogen-bond acceptors (Lipinski definition) is 7. The molecule has 3 heterocycles. The van der Waals surface area contributed by atoms with E-state index in [0.717, 1.165) is 25.9 Å². The van der Waals surface area contributed by atoms with Gasteiger partial charge in [-0.15, -0.1) is 0 Å². The van der Waals surface area contributed by atoms with Crippen LogP contribution in [-0.4, -0.2) is 42.8 Å². The predicted molar refractivity (Wildman–Crippen MR) is 143 cm³/mol. The van der Waals surface area contributed by atoms with Crippen LogP contribution >= 0.6 is 0 Å². The highest BCUT2D eigenvalue weighted by atomic mass is 32.2. The fraction of sp³-hybridized carbons (Fsp3) is 0.222. The lowest BCUT2D eigenvalue weighted by Crippen LogP contribution is -2.38. The third-order valence-corrected chi connectivity index (χ3v) is 6.63. The van der Waals surface area contributed by atoms with Crippen molar-refractivity contribution in [2.45, 2.75) is 24.9 Å². The van der Waals surface area contributed by atoms with Gasteiger partial charge in [0, 0.05) is 30.5 Å². The largest absolute Gasteiger partial charge is 0.435 e. The minimum absolute atomic E-state index is 0.0745. The third kappa shape index (κ3) is 6.20. The molecular weight excluding hydrogens is 507 g/mol. The van der Waals surface area contributed by atoms with E-state index in [1.807, 2.05) is 6.07 Å². The van der Waals surface area contributed by atoms with Crippen molar-refractivity contribution in [3.8, 4) is 22.9 Å². The topological polar surface area (TPSA) is 121 Å². The van der Waals surface area contributed by atoms with Crippen molar-refractivity contribution in [1.82, 2.24) is 25.0 Å². The summed E-state index contributed by atoms with van der Waals surface area (Å²) in [4.78, 5) is 13.3. The van der Waals surface area contributed by atoms with Gasteiger partial charge in [0.15, 0.2) is 11.6 Å². The minimum atomic E-state index is -2.38. The van der Waals surface area contributed by atoms with Crippen LogP contribution in [0.15, 0.2) is 79.1 Å². The first kappa shape index (κ1) is 25.9. The van der Waals surface area contributed by atoms with Crippen molar-refractivity contribution in [3.05, 3.63) is 96.1 Å². The number of halogens is 1. The van der Waals surface area contributed by atoms with Crippen molar-refractivity contribution in [3.63, 3.8) is 0 Å². The molecule has 4 N–H and O–H groups in total. The van der Waals surface area contributed by atoms with Crippen LogP contribution in [0.5, 0.6) is 11.6 Å². The summed E-state index contributed by atoms with van der Waals surface area (Å²) in [7, 11) is 0. The van der Waals surface area contributed by atoms with Crippen LogP contribution in [0.1, 0.15) is 30.0 Å². The van der Waals surface area contributed by atoms with Gasteiger partial charge in [-0.1, -0.05) is 42.5 Å². The molecule has 2 aromatic heterocycles. The molecule has 1 aliphatic rings. The average molecular weight is 535 g/mol. The number of ether oxygens (including phenoxy) is 1. The number of nitrogens with zero attached hydrogens (tertiary/aromatic N) is 3. The fourth-order valence-corrected chi connectivity index (χ4v) is 4.86. The summed E-state index contributed by atoms with van der Waals surface area (Å²) in [6, 6.07) is 18.2. The van der Waals surface area contributed by atoms with Crippen LogP contribution in [0.2, 0.25) is 0 Å². The number of rotatable bonds is 9. The molecule has 0 amide bonds. The van der Waals surface area contributed by atoms with Crippen LogP contribution in [0, 0.1) is 5.82 Å². The van der Waals surface area contributed by atoms with Crippen molar-refractivity contribution >= 4 is 17.2 Å². The van der Waals surface area contributed by atoms with Crippen LogP contribution in [0.25, 0.3) is 11.3 Å². The smallest absolute Gasteiger partial charge is 0.232 e. The highest BCUT2D eigenvalue weighted by molar-refractivity contribution is 7.77. The fourth-order valence-electron chi connectivity index (χ4n) is 4.39. The molecule has 1 aliphatic heterocycles. The normalized spacial score (nSPS) is 16.9. The van der Waals surface area contributed by atoms with Gasteiger partial charge in [-0.05, 0) is 49.2 Å². The lowest BCUT2D eigenvalue weighted by Gasteiger charge is -2.23. The van der Waals surface area contributed by atoms with Gasteiger partial charge in [0.2, 0.25) is 23.1 Å². The summed E-state index contributed by atoms with van der Waals surface area (Å²) >= 11 is -2.38. The van der Waals surface area contributed by atoms with E-state index in [1.54, 1.807) is 67.0 Å². The molecule has 9 nitrogen and oxygen atoms in total. The Kier molecular flexibility index (Phi) is 8.29. The van der Waals surface area contributed by atoms with E-state index in [4.69, 9.17) is 4.74 Å². The Hall–Kier alpha value is -3.77. The van der Waals surface area contributed by atoms with Crippen LogP contribution in [0.3, 0.4) is 0 Å². The Morgan fingerprint density at radius 2 is 1.92 bits per heavy atom. The highest BCUT2D eigenvalue weighted by Crippen LogP contribution is 2.35. The maximum atomic E-state index is 15.8. The van der Waals surface area contributed by atoms with Gasteiger partial charge < -0.3 is 15.4 Å². The predicted octanol–water partition coefficient (Wildman–Crippen LogP) is 4.45. The monoisotopic (exact) mass is 534 g/mol. The second-order valence-corrected chi connectivity index (χ2v) is 9.52. The van der Waals surface area contributed by atoms with E-state index < -0.39 is 23.1 Å². The average Bonchev–Trinajstić information content (AvgIpc) is 2.94. The maximum absolute atomic E-state index is 15.8. The molecule has 5 rings (SSSR count). The molecule has 2 aromatic carbocycles. The SMILES string of the molecule is O=S(O)N[C@@H](c1ccccc1)c1cccc(Oc2ncccc2-c2ccnc(N[C@H]3CCCNC3)n2)c1F. The quantitative estimate of drug-likeness (QED) is 0.233. The number of pyridine rings is 1. The van der Waals surface area contributed by atoms with Gasteiger partial charge in [-0.3, -0.25) is 4.55 Å². The molecule has 196 valence electrons. The second-order valence-electron chi connectivity index (χ2n) is 8.78. The standard InChI is InChI=1S/C27H27FN6O3S/c28-24-21(25(34-38(35)36)18-7-2-1-3-8-18)10-4-12-23(24)37-26-20(11-6-15-30-26)22-13-16-31-27(33-22)32-19-9-5-14-29-17-19/h1-4,6-8,10-13,15-16,19,25,29,34H,5,9,14,17H2,(H,35,36)(H,31,32,33)/t19-,25-/m0/s1. The highest BCUT2D eigenvalue weighted by Gasteiger charge is 2.23. The zero-order chi connectivity index (χ0) is 26.3. The molecule has 0 saturated carbocycles. The van der Waals surface area contributed by atoms with Crippen molar-refractivity contribution in [2.24, 2.45) is 0 Å². The van der Waals surface area contributed by atoms with Crippen molar-refractivity contribution in [1.29, 1.82) is 0 Å². The molecule has 38 heavy (non-hydrogen) atoms. The van der Waals surface area contributed by atoms with E-state index in [1.165, 1.54) is 6.07 Å². The summed E-state index contributed by atoms with van der Waals surface area (Å²) in [5, 5.41) is 6.72. The molecule has 0 bridgehead atoms. The molecule has 4 aromatic rings. The lowest BCUT2D eigenvalue weighted by molar-refractivity contribution is 0.423. The summed E-state index contributed by atoms with van der Waals surface area (Å²) in [6.45, 7) is 1.85. The number of hydrogen-bond donors (Lipinski definition) is 4. The molecule has 11 heteroatoms. The number of anilines is 1. The molecular formula is C27H27FN6O3S. The van der Waals surface area contributed by atoms with Crippen molar-refractivity contribution in [2.75, 3.05) is 18.4 Å². The van der Waals surface area contributed by atoms with Crippen LogP contribution in [0.4, 0.5) is 10.3 Å². The number of piperidine rings is 1. The van der Waals surface area contributed by atoms with E-state index >= 15 is 4.39 Å². The first-order valence-corrected chi connectivity index (χ1v) is 13.3. The number of aromatic nitrogens is 3. The summed E-state index contributed by atoms with van der Waals surface area (Å²) in [5.74, 6) is -0.0872. The van der Waals surface area contributed by atoms with E-state index in [-0.39, 0.29) is 23.2 Å². The van der Waals surface area contributed by atoms with Crippen LogP contribution < -0.4 is 20.1 Å². The van der Waals surface area contributed by atoms with E-state index in [2.05, 4.69) is 30.3 Å². The Morgan fingerprint density at radius 1 is 1.05 bits per heavy atom. The Morgan fingerprint density at radius 3 is 2.71 bits per heavy atom. The van der Waals surface area contributed by atoms with Gasteiger partial charge >= 0.3 is 0 Å². The summed E-state index contributed by atoms with van der Waals surface area (Å²) in [5.41, 5.74) is 1.92. The number of benzene rings is 2.